The molecule has 7 heteroatoms. The van der Waals surface area contributed by atoms with Crippen molar-refractivity contribution in [2.45, 2.75) is 6.92 Å². The maximum Gasteiger partial charge on any atom is 0.272 e. The predicted octanol–water partition coefficient (Wildman–Crippen LogP) is 3.07. The summed E-state index contributed by atoms with van der Waals surface area (Å²) < 4.78 is 0.772. The number of hydrogen-bond donors (Lipinski definition) is 3. The molecule has 0 aliphatic rings. The number of halogens is 1. The number of pyridine rings is 1. The number of aromatic amines is 1. The summed E-state index contributed by atoms with van der Waals surface area (Å²) in [5, 5.41) is 14.3. The predicted molar refractivity (Wildman–Crippen MR) is 100 cm³/mol. The Morgan fingerprint density at radius 3 is 2.84 bits per heavy atom. The molecular formula is C18H14BrN3O3. The van der Waals surface area contributed by atoms with Crippen molar-refractivity contribution in [2.75, 3.05) is 0 Å². The number of phenols is 1. The zero-order valence-electron chi connectivity index (χ0n) is 13.2. The van der Waals surface area contributed by atoms with E-state index in [-0.39, 0.29) is 16.9 Å². The number of aryl methyl sites for hydroxylation is 1. The monoisotopic (exact) mass is 399 g/mol. The van der Waals surface area contributed by atoms with Crippen LogP contribution in [0.5, 0.6) is 5.75 Å². The van der Waals surface area contributed by atoms with E-state index in [2.05, 4.69) is 31.4 Å². The number of phenolic OH excluding ortho intramolecular Hbond substituents is 1. The maximum absolute atomic E-state index is 12.4. The molecule has 3 N–H and O–H groups in total. The van der Waals surface area contributed by atoms with Crippen molar-refractivity contribution >= 4 is 39.0 Å². The highest BCUT2D eigenvalue weighted by Crippen LogP contribution is 2.20. The molecule has 3 aromatic rings. The Morgan fingerprint density at radius 1 is 1.24 bits per heavy atom. The quantitative estimate of drug-likeness (QED) is 0.466. The first-order valence-corrected chi connectivity index (χ1v) is 8.19. The Labute approximate surface area is 151 Å². The first-order chi connectivity index (χ1) is 11.9. The van der Waals surface area contributed by atoms with Gasteiger partial charge in [0.05, 0.1) is 11.8 Å². The summed E-state index contributed by atoms with van der Waals surface area (Å²) in [6.45, 7) is 1.90. The van der Waals surface area contributed by atoms with Gasteiger partial charge in [-0.25, -0.2) is 5.43 Å². The van der Waals surface area contributed by atoms with E-state index < -0.39 is 5.91 Å². The lowest BCUT2D eigenvalue weighted by atomic mass is 10.1. The maximum atomic E-state index is 12.4. The third-order valence-electron chi connectivity index (χ3n) is 3.60. The highest BCUT2D eigenvalue weighted by molar-refractivity contribution is 9.10. The number of aromatic nitrogens is 1. The van der Waals surface area contributed by atoms with E-state index in [9.17, 15) is 14.7 Å². The van der Waals surface area contributed by atoms with Crippen LogP contribution < -0.4 is 11.0 Å². The Hall–Kier alpha value is -2.93. The van der Waals surface area contributed by atoms with Gasteiger partial charge in [0.2, 0.25) is 5.56 Å². The van der Waals surface area contributed by atoms with Gasteiger partial charge in [-0.1, -0.05) is 27.6 Å². The van der Waals surface area contributed by atoms with Gasteiger partial charge < -0.3 is 10.1 Å². The Bertz CT molecular complexity index is 1060. The Morgan fingerprint density at radius 2 is 2.04 bits per heavy atom. The summed E-state index contributed by atoms with van der Waals surface area (Å²) in [4.78, 5) is 26.9. The highest BCUT2D eigenvalue weighted by atomic mass is 79.9. The number of aromatic hydroxyl groups is 1. The minimum absolute atomic E-state index is 0.0402. The van der Waals surface area contributed by atoms with Gasteiger partial charge in [0.25, 0.3) is 5.91 Å². The van der Waals surface area contributed by atoms with E-state index in [0.29, 0.717) is 16.5 Å². The number of nitrogens with one attached hydrogen (secondary N) is 2. The average Bonchev–Trinajstić information content (AvgIpc) is 2.57. The lowest BCUT2D eigenvalue weighted by molar-refractivity contribution is 0.0956. The van der Waals surface area contributed by atoms with E-state index in [0.717, 1.165) is 10.0 Å². The molecule has 0 atom stereocenters. The molecule has 0 unspecified atom stereocenters. The lowest BCUT2D eigenvalue weighted by Crippen LogP contribution is -2.21. The summed E-state index contributed by atoms with van der Waals surface area (Å²) in [5.74, 6) is -0.467. The molecule has 126 valence electrons. The number of H-pyrrole nitrogens is 1. The van der Waals surface area contributed by atoms with E-state index in [4.69, 9.17) is 0 Å². The second-order valence-corrected chi connectivity index (χ2v) is 6.41. The number of carbonyl (C=O) groups excluding carboxylic acids is 1. The first kappa shape index (κ1) is 16.9. The van der Waals surface area contributed by atoms with Crippen molar-refractivity contribution in [1.82, 2.24) is 10.4 Å². The molecular weight excluding hydrogens is 386 g/mol. The molecule has 0 aliphatic carbocycles. The fourth-order valence-electron chi connectivity index (χ4n) is 2.40. The van der Waals surface area contributed by atoms with Crippen molar-refractivity contribution in [3.63, 3.8) is 0 Å². The summed E-state index contributed by atoms with van der Waals surface area (Å²) in [5.41, 5.74) is 4.25. The number of hydrazone groups is 1. The number of rotatable bonds is 3. The van der Waals surface area contributed by atoms with Crippen molar-refractivity contribution < 1.29 is 9.90 Å². The smallest absolute Gasteiger partial charge is 0.272 e. The van der Waals surface area contributed by atoms with Crippen LogP contribution in [0.1, 0.15) is 21.5 Å². The van der Waals surface area contributed by atoms with Crippen LogP contribution >= 0.6 is 15.9 Å². The van der Waals surface area contributed by atoms with Crippen LogP contribution in [0.15, 0.2) is 56.8 Å². The molecule has 0 saturated heterocycles. The number of nitrogens with zero attached hydrogens (tertiary/aromatic N) is 1. The van der Waals surface area contributed by atoms with E-state index in [1.165, 1.54) is 18.3 Å². The molecule has 6 nitrogen and oxygen atoms in total. The van der Waals surface area contributed by atoms with Crippen LogP contribution in [-0.2, 0) is 0 Å². The molecule has 1 amide bonds. The molecule has 2 aromatic carbocycles. The number of benzene rings is 2. The van der Waals surface area contributed by atoms with E-state index >= 15 is 0 Å². The second kappa shape index (κ2) is 6.90. The third-order valence-corrected chi connectivity index (χ3v) is 4.10. The van der Waals surface area contributed by atoms with Crippen LogP contribution in [0.25, 0.3) is 10.9 Å². The summed E-state index contributed by atoms with van der Waals surface area (Å²) >= 11 is 3.30. The van der Waals surface area contributed by atoms with Crippen LogP contribution in [0.3, 0.4) is 0 Å². The molecule has 0 radical (unpaired) electrons. The molecule has 25 heavy (non-hydrogen) atoms. The van der Waals surface area contributed by atoms with Crippen LogP contribution in [0.4, 0.5) is 0 Å². The van der Waals surface area contributed by atoms with Gasteiger partial charge in [-0.15, -0.1) is 0 Å². The van der Waals surface area contributed by atoms with Gasteiger partial charge in [0.15, 0.2) is 0 Å². The van der Waals surface area contributed by atoms with Crippen molar-refractivity contribution in [2.24, 2.45) is 5.10 Å². The Kier molecular flexibility index (Phi) is 4.67. The molecule has 1 heterocycles. The summed E-state index contributed by atoms with van der Waals surface area (Å²) in [7, 11) is 0. The molecule has 0 bridgehead atoms. The molecule has 0 spiro atoms. The molecule has 0 fully saturated rings. The topological polar surface area (TPSA) is 94.5 Å². The van der Waals surface area contributed by atoms with E-state index in [1.54, 1.807) is 18.2 Å². The molecule has 3 rings (SSSR count). The first-order valence-electron chi connectivity index (χ1n) is 7.39. The fourth-order valence-corrected chi connectivity index (χ4v) is 2.78. The van der Waals surface area contributed by atoms with Gasteiger partial charge in [0.1, 0.15) is 5.75 Å². The minimum Gasteiger partial charge on any atom is -0.507 e. The number of carbonyl (C=O) groups is 1. The van der Waals surface area contributed by atoms with Gasteiger partial charge in [-0.05, 0) is 37.3 Å². The standard InChI is InChI=1S/C18H14BrN3O3/c1-10-2-4-15-13(6-10)14(8-17(24)21-15)18(25)22-20-9-11-7-12(19)3-5-16(11)23/h2-9,23H,1H3,(H,21,24)(H,22,25)/b20-9+. The SMILES string of the molecule is Cc1ccc2[nH]c(=O)cc(C(=O)N/N=C/c3cc(Br)ccc3O)c2c1. The van der Waals surface area contributed by atoms with E-state index in [1.807, 2.05) is 19.1 Å². The van der Waals surface area contributed by atoms with Crippen LogP contribution in [0.2, 0.25) is 0 Å². The summed E-state index contributed by atoms with van der Waals surface area (Å²) in [6, 6.07) is 11.5. The fraction of sp³-hybridized carbons (Fsp3) is 0.0556. The molecule has 0 saturated carbocycles. The molecule has 1 aromatic heterocycles. The van der Waals surface area contributed by atoms with Gasteiger partial charge in [-0.3, -0.25) is 9.59 Å². The van der Waals surface area contributed by atoms with Gasteiger partial charge in [-0.2, -0.15) is 5.10 Å². The second-order valence-electron chi connectivity index (χ2n) is 5.50. The summed E-state index contributed by atoms with van der Waals surface area (Å²) in [6.07, 6.45) is 1.33. The van der Waals surface area contributed by atoms with Crippen molar-refractivity contribution in [3.8, 4) is 5.75 Å². The number of fused-ring (bicyclic) bond motifs is 1. The van der Waals surface area contributed by atoms with Crippen molar-refractivity contribution in [3.05, 3.63) is 74.0 Å². The number of amides is 1. The molecule has 0 aliphatic heterocycles. The zero-order valence-corrected chi connectivity index (χ0v) is 14.8. The van der Waals surface area contributed by atoms with Crippen LogP contribution in [0, 0.1) is 6.92 Å². The average molecular weight is 400 g/mol. The minimum atomic E-state index is -0.507. The normalized spacial score (nSPS) is 11.1. The Balaban J connectivity index is 1.90. The largest absolute Gasteiger partial charge is 0.507 e. The van der Waals surface area contributed by atoms with Crippen LogP contribution in [-0.4, -0.2) is 22.2 Å². The third kappa shape index (κ3) is 3.77. The number of hydrogen-bond acceptors (Lipinski definition) is 4. The lowest BCUT2D eigenvalue weighted by Gasteiger charge is -2.06. The highest BCUT2D eigenvalue weighted by Gasteiger charge is 2.11. The van der Waals surface area contributed by atoms with Gasteiger partial charge >= 0.3 is 0 Å². The van der Waals surface area contributed by atoms with Crippen molar-refractivity contribution in [1.29, 1.82) is 0 Å². The van der Waals surface area contributed by atoms with Gasteiger partial charge in [0, 0.05) is 27.0 Å². The zero-order chi connectivity index (χ0) is 18.0.